The molecule has 158 valence electrons. The van der Waals surface area contributed by atoms with E-state index < -0.39 is 0 Å². The minimum absolute atomic E-state index is 0.0162. The molecular weight excluding hydrogens is 419 g/mol. The number of hydrogen-bond donors (Lipinski definition) is 0. The molecule has 0 spiro atoms. The topological polar surface area (TPSA) is 42.4 Å². The molecule has 1 atom stereocenters. The number of benzene rings is 2. The van der Waals surface area contributed by atoms with E-state index in [1.165, 1.54) is 28.4 Å². The van der Waals surface area contributed by atoms with Crippen molar-refractivity contribution in [2.75, 3.05) is 18.1 Å². The molecule has 2 aromatic carbocycles. The molecule has 1 aliphatic rings. The molecule has 3 aromatic rings. The number of thiazole rings is 1. The van der Waals surface area contributed by atoms with E-state index in [0.29, 0.717) is 28.9 Å². The minimum atomic E-state index is -0.297. The lowest BCUT2D eigenvalue weighted by Gasteiger charge is -2.23. The van der Waals surface area contributed by atoms with Crippen LogP contribution in [0, 0.1) is 5.82 Å². The third-order valence-electron chi connectivity index (χ3n) is 4.93. The molecule has 0 radical (unpaired) electrons. The van der Waals surface area contributed by atoms with E-state index in [4.69, 9.17) is 4.74 Å². The number of nitrogens with zero attached hydrogens (tertiary/aromatic N) is 2. The van der Waals surface area contributed by atoms with Gasteiger partial charge in [0.2, 0.25) is 5.91 Å². The van der Waals surface area contributed by atoms with Gasteiger partial charge in [-0.25, -0.2) is 9.37 Å². The number of carbonyl (C=O) groups is 1. The summed E-state index contributed by atoms with van der Waals surface area (Å²) in [5.41, 5.74) is 1.68. The lowest BCUT2D eigenvalue weighted by molar-refractivity contribution is -0.118. The number of aromatic nitrogens is 1. The van der Waals surface area contributed by atoms with Crippen LogP contribution >= 0.6 is 23.1 Å². The second-order valence-electron chi connectivity index (χ2n) is 7.74. The molecule has 1 aromatic heterocycles. The van der Waals surface area contributed by atoms with Gasteiger partial charge >= 0.3 is 0 Å². The summed E-state index contributed by atoms with van der Waals surface area (Å²) in [6, 6.07) is 12.7. The maximum atomic E-state index is 13.6. The van der Waals surface area contributed by atoms with Gasteiger partial charge in [0.1, 0.15) is 5.82 Å². The van der Waals surface area contributed by atoms with Gasteiger partial charge in [-0.15, -0.1) is 11.8 Å². The van der Waals surface area contributed by atoms with Gasteiger partial charge in [-0.1, -0.05) is 37.3 Å². The zero-order valence-electron chi connectivity index (χ0n) is 17.1. The fourth-order valence-electron chi connectivity index (χ4n) is 3.51. The molecule has 0 aliphatic carbocycles. The van der Waals surface area contributed by atoms with E-state index >= 15 is 0 Å². The molecule has 0 saturated carbocycles. The number of fused-ring (bicyclic) bond motifs is 1. The molecule has 2 heterocycles. The summed E-state index contributed by atoms with van der Waals surface area (Å²) in [6.07, 6.45) is 2.25. The first-order chi connectivity index (χ1) is 14.5. The van der Waals surface area contributed by atoms with Crippen LogP contribution in [0.3, 0.4) is 0 Å². The van der Waals surface area contributed by atoms with Gasteiger partial charge in [-0.2, -0.15) is 0 Å². The second-order valence-corrected chi connectivity index (χ2v) is 10.4. The van der Waals surface area contributed by atoms with Crippen molar-refractivity contribution in [1.29, 1.82) is 0 Å². The van der Waals surface area contributed by atoms with Crippen LogP contribution in [-0.4, -0.2) is 35.4 Å². The van der Waals surface area contributed by atoms with Crippen molar-refractivity contribution in [3.05, 3.63) is 53.8 Å². The van der Waals surface area contributed by atoms with Crippen molar-refractivity contribution in [2.24, 2.45) is 0 Å². The van der Waals surface area contributed by atoms with Gasteiger partial charge < -0.3 is 4.74 Å². The van der Waals surface area contributed by atoms with Crippen molar-refractivity contribution < 1.29 is 13.9 Å². The van der Waals surface area contributed by atoms with Gasteiger partial charge in [-0.3, -0.25) is 9.69 Å². The Morgan fingerprint density at radius 3 is 2.80 bits per heavy atom. The first-order valence-corrected chi connectivity index (χ1v) is 11.9. The normalized spacial score (nSPS) is 16.5. The van der Waals surface area contributed by atoms with Crippen molar-refractivity contribution >= 4 is 44.4 Å². The van der Waals surface area contributed by atoms with Crippen molar-refractivity contribution in [2.45, 2.75) is 49.4 Å². The van der Waals surface area contributed by atoms with E-state index in [0.717, 1.165) is 29.7 Å². The molecule has 1 unspecified atom stereocenters. The molecule has 0 N–H and O–H groups in total. The average Bonchev–Trinajstić information content (AvgIpc) is 3.36. The van der Waals surface area contributed by atoms with E-state index in [1.807, 2.05) is 12.1 Å². The Bertz CT molecular complexity index is 1010. The predicted molar refractivity (Wildman–Crippen MR) is 122 cm³/mol. The van der Waals surface area contributed by atoms with Gasteiger partial charge in [0.05, 0.1) is 29.3 Å². The number of ether oxygens (including phenoxy) is 1. The van der Waals surface area contributed by atoms with Crippen LogP contribution in [0.1, 0.15) is 32.3 Å². The first kappa shape index (κ1) is 21.3. The fourth-order valence-corrected chi connectivity index (χ4v) is 5.36. The van der Waals surface area contributed by atoms with Gasteiger partial charge in [-0.05, 0) is 48.7 Å². The molecule has 4 rings (SSSR count). The highest BCUT2D eigenvalue weighted by Gasteiger charge is 2.26. The Balaban J connectivity index is 1.55. The summed E-state index contributed by atoms with van der Waals surface area (Å²) in [4.78, 5) is 20.8. The average molecular weight is 445 g/mol. The van der Waals surface area contributed by atoms with Crippen LogP contribution < -0.4 is 4.90 Å². The van der Waals surface area contributed by atoms with Crippen molar-refractivity contribution in [3.63, 3.8) is 0 Å². The quantitative estimate of drug-likeness (QED) is 0.439. The second kappa shape index (κ2) is 9.45. The number of anilines is 1. The number of amides is 1. The van der Waals surface area contributed by atoms with Crippen molar-refractivity contribution in [1.82, 2.24) is 4.98 Å². The third kappa shape index (κ3) is 5.20. The summed E-state index contributed by atoms with van der Waals surface area (Å²) in [5.74, 6) is -0.316. The van der Waals surface area contributed by atoms with E-state index in [1.54, 1.807) is 22.7 Å². The van der Waals surface area contributed by atoms with Crippen LogP contribution in [-0.2, 0) is 16.0 Å². The standard InChI is InChI=1S/C23H25FN2O2S2/c1-15(2)29-19-8-5-16(6-9-19)12-22(27)26(14-18-4-3-11-28-18)23-25-20-10-7-17(24)13-21(20)30-23/h5-10,13,15,18H,3-4,11-12,14H2,1-2H3. The highest BCUT2D eigenvalue weighted by molar-refractivity contribution is 7.99. The largest absolute Gasteiger partial charge is 0.376 e. The lowest BCUT2D eigenvalue weighted by Crippen LogP contribution is -2.38. The van der Waals surface area contributed by atoms with Crippen molar-refractivity contribution in [3.8, 4) is 0 Å². The van der Waals surface area contributed by atoms with Crippen LogP contribution in [0.4, 0.5) is 9.52 Å². The lowest BCUT2D eigenvalue weighted by atomic mass is 10.1. The molecule has 30 heavy (non-hydrogen) atoms. The first-order valence-electron chi connectivity index (χ1n) is 10.2. The molecule has 1 aliphatic heterocycles. The highest BCUT2D eigenvalue weighted by atomic mass is 32.2. The smallest absolute Gasteiger partial charge is 0.233 e. The molecule has 4 nitrogen and oxygen atoms in total. The Hall–Kier alpha value is -1.96. The summed E-state index contributed by atoms with van der Waals surface area (Å²) in [6.45, 7) is 5.53. The summed E-state index contributed by atoms with van der Waals surface area (Å²) >= 11 is 3.15. The number of hydrogen-bond acceptors (Lipinski definition) is 5. The van der Waals surface area contributed by atoms with Gasteiger partial charge in [0.25, 0.3) is 0 Å². The molecule has 1 saturated heterocycles. The monoisotopic (exact) mass is 444 g/mol. The SMILES string of the molecule is CC(C)Sc1ccc(CC(=O)N(CC2CCCO2)c2nc3ccc(F)cc3s2)cc1. The van der Waals surface area contributed by atoms with E-state index in [2.05, 4.69) is 31.0 Å². The van der Waals surface area contributed by atoms with Gasteiger partial charge in [0, 0.05) is 16.8 Å². The Kier molecular flexibility index (Phi) is 6.71. The maximum absolute atomic E-state index is 13.6. The van der Waals surface area contributed by atoms with E-state index in [9.17, 15) is 9.18 Å². The molecule has 7 heteroatoms. The molecule has 1 amide bonds. The van der Waals surface area contributed by atoms with Crippen LogP contribution in [0.15, 0.2) is 47.4 Å². The highest BCUT2D eigenvalue weighted by Crippen LogP contribution is 2.31. The summed E-state index contributed by atoms with van der Waals surface area (Å²) < 4.78 is 20.1. The van der Waals surface area contributed by atoms with Gasteiger partial charge in [0.15, 0.2) is 5.13 Å². The Morgan fingerprint density at radius 2 is 2.10 bits per heavy atom. The van der Waals surface area contributed by atoms with Crippen LogP contribution in [0.25, 0.3) is 10.2 Å². The molecule has 1 fully saturated rings. The third-order valence-corrected chi connectivity index (χ3v) is 6.99. The van der Waals surface area contributed by atoms with Crippen LogP contribution in [0.5, 0.6) is 0 Å². The van der Waals surface area contributed by atoms with E-state index in [-0.39, 0.29) is 17.8 Å². The number of thioether (sulfide) groups is 1. The summed E-state index contributed by atoms with van der Waals surface area (Å²) in [7, 11) is 0. The Morgan fingerprint density at radius 1 is 1.30 bits per heavy atom. The fraction of sp³-hybridized carbons (Fsp3) is 0.391. The Labute approximate surface area is 184 Å². The zero-order valence-corrected chi connectivity index (χ0v) is 18.8. The predicted octanol–water partition coefficient (Wildman–Crippen LogP) is 5.69. The number of rotatable bonds is 7. The maximum Gasteiger partial charge on any atom is 0.233 e. The number of halogens is 1. The van der Waals surface area contributed by atoms with Crippen LogP contribution in [0.2, 0.25) is 0 Å². The minimum Gasteiger partial charge on any atom is -0.376 e. The number of carbonyl (C=O) groups excluding carboxylic acids is 1. The molecular formula is C23H25FN2O2S2. The summed E-state index contributed by atoms with van der Waals surface area (Å²) in [5, 5.41) is 1.12. The zero-order chi connectivity index (χ0) is 21.1. The molecule has 0 bridgehead atoms.